The highest BCUT2D eigenvalue weighted by atomic mass is 16.7. The average Bonchev–Trinajstić information content (AvgIpc) is 3.16. The Morgan fingerprint density at radius 2 is 1.82 bits per heavy atom. The van der Waals surface area contributed by atoms with Crippen LogP contribution in [-0.2, 0) is 6.54 Å². The molecule has 7 heteroatoms. The first-order valence-electron chi connectivity index (χ1n) is 9.18. The normalized spacial score (nSPS) is 11.9. The highest BCUT2D eigenvalue weighted by molar-refractivity contribution is 5.65. The lowest BCUT2D eigenvalue weighted by atomic mass is 10.2. The van der Waals surface area contributed by atoms with Crippen LogP contribution >= 0.6 is 0 Å². The summed E-state index contributed by atoms with van der Waals surface area (Å²) in [5.41, 5.74) is 1.95. The first-order valence-corrected chi connectivity index (χ1v) is 9.18. The minimum absolute atomic E-state index is 0.273. The molecule has 2 N–H and O–H groups in total. The second-order valence-electron chi connectivity index (χ2n) is 6.28. The Hall–Kier alpha value is -3.48. The number of nitrogens with one attached hydrogen (secondary N) is 2. The number of nitrogens with zero attached hydrogens (tertiary/aromatic N) is 2. The summed E-state index contributed by atoms with van der Waals surface area (Å²) in [6.45, 7) is 5.32. The number of hydrogen-bond donors (Lipinski definition) is 2. The lowest BCUT2D eigenvalue weighted by Crippen LogP contribution is -2.05. The molecule has 0 fully saturated rings. The van der Waals surface area contributed by atoms with Gasteiger partial charge in [-0.2, -0.15) is 0 Å². The summed E-state index contributed by atoms with van der Waals surface area (Å²) >= 11 is 0. The van der Waals surface area contributed by atoms with Crippen LogP contribution in [0.2, 0.25) is 0 Å². The van der Waals surface area contributed by atoms with Gasteiger partial charge in [0.25, 0.3) is 0 Å². The van der Waals surface area contributed by atoms with Crippen molar-refractivity contribution in [2.24, 2.45) is 0 Å². The largest absolute Gasteiger partial charge is 0.492 e. The Bertz CT molecular complexity index is 978. The van der Waals surface area contributed by atoms with E-state index in [2.05, 4.69) is 20.6 Å². The lowest BCUT2D eigenvalue weighted by molar-refractivity contribution is 0.174. The summed E-state index contributed by atoms with van der Waals surface area (Å²) in [5, 5.41) is 6.66. The fourth-order valence-electron chi connectivity index (χ4n) is 2.96. The molecule has 0 atom stereocenters. The number of anilines is 3. The molecule has 0 saturated carbocycles. The molecule has 1 aromatic heterocycles. The molecule has 3 aromatic rings. The molecule has 144 valence electrons. The first-order chi connectivity index (χ1) is 13.7. The van der Waals surface area contributed by atoms with E-state index in [9.17, 15) is 0 Å². The third-order valence-corrected chi connectivity index (χ3v) is 4.20. The highest BCUT2D eigenvalue weighted by Gasteiger charge is 2.13. The predicted molar refractivity (Wildman–Crippen MR) is 108 cm³/mol. The van der Waals surface area contributed by atoms with Crippen LogP contribution < -0.4 is 24.8 Å². The van der Waals surface area contributed by atoms with Gasteiger partial charge in [-0.25, -0.2) is 9.97 Å². The van der Waals surface area contributed by atoms with Gasteiger partial charge in [0.15, 0.2) is 11.5 Å². The molecule has 0 aliphatic carbocycles. The molecule has 0 saturated heterocycles. The van der Waals surface area contributed by atoms with Crippen molar-refractivity contribution in [1.29, 1.82) is 0 Å². The van der Waals surface area contributed by atoms with Gasteiger partial charge in [-0.3, -0.25) is 0 Å². The molecule has 0 unspecified atom stereocenters. The average molecular weight is 378 g/mol. The van der Waals surface area contributed by atoms with Gasteiger partial charge in [0.05, 0.1) is 12.3 Å². The molecule has 28 heavy (non-hydrogen) atoms. The second kappa shape index (κ2) is 8.04. The van der Waals surface area contributed by atoms with Crippen LogP contribution in [0.1, 0.15) is 18.3 Å². The SMILES string of the molecule is CCOc1ccccc1Nc1cc(NCc2ccc3c(c2)OCO3)nc(C)n1. The number of para-hydroxylation sites is 2. The number of rotatable bonds is 7. The minimum atomic E-state index is 0.273. The summed E-state index contributed by atoms with van der Waals surface area (Å²) in [6.07, 6.45) is 0. The smallest absolute Gasteiger partial charge is 0.231 e. The zero-order valence-electron chi connectivity index (χ0n) is 15.9. The van der Waals surface area contributed by atoms with E-state index in [1.165, 1.54) is 0 Å². The standard InChI is InChI=1S/C21H22N4O3/c1-3-26-17-7-5-4-6-16(17)25-21-11-20(23-14(2)24-21)22-12-15-8-9-18-19(10-15)28-13-27-18/h4-11H,3,12-13H2,1-2H3,(H2,22,23,24,25). The van der Waals surface area contributed by atoms with E-state index in [4.69, 9.17) is 14.2 Å². The van der Waals surface area contributed by atoms with Crippen molar-refractivity contribution in [1.82, 2.24) is 9.97 Å². The minimum Gasteiger partial charge on any atom is -0.492 e. The molecule has 0 amide bonds. The summed E-state index contributed by atoms with van der Waals surface area (Å²) in [5.74, 6) is 4.45. The summed E-state index contributed by atoms with van der Waals surface area (Å²) in [4.78, 5) is 8.95. The summed E-state index contributed by atoms with van der Waals surface area (Å²) in [7, 11) is 0. The molecule has 1 aliphatic rings. The van der Waals surface area contributed by atoms with Crippen molar-refractivity contribution in [3.63, 3.8) is 0 Å². The quantitative estimate of drug-likeness (QED) is 0.636. The number of aryl methyl sites for hydroxylation is 1. The fourth-order valence-corrected chi connectivity index (χ4v) is 2.96. The molecule has 7 nitrogen and oxygen atoms in total. The zero-order valence-corrected chi connectivity index (χ0v) is 15.9. The molecule has 2 aromatic carbocycles. The molecular weight excluding hydrogens is 356 g/mol. The lowest BCUT2D eigenvalue weighted by Gasteiger charge is -2.13. The number of ether oxygens (including phenoxy) is 3. The van der Waals surface area contributed by atoms with Gasteiger partial charge in [0.1, 0.15) is 23.2 Å². The summed E-state index contributed by atoms with van der Waals surface area (Å²) in [6, 6.07) is 15.6. The molecule has 0 radical (unpaired) electrons. The van der Waals surface area contributed by atoms with Crippen LogP contribution in [-0.4, -0.2) is 23.4 Å². The van der Waals surface area contributed by atoms with E-state index in [0.29, 0.717) is 24.8 Å². The topological polar surface area (TPSA) is 77.5 Å². The molecule has 0 bridgehead atoms. The third kappa shape index (κ3) is 4.09. The van der Waals surface area contributed by atoms with Crippen LogP contribution in [0.3, 0.4) is 0 Å². The molecule has 0 spiro atoms. The van der Waals surface area contributed by atoms with Gasteiger partial charge in [0.2, 0.25) is 6.79 Å². The number of aromatic nitrogens is 2. The molecule has 1 aliphatic heterocycles. The Morgan fingerprint density at radius 1 is 1.00 bits per heavy atom. The number of benzene rings is 2. The Balaban J connectivity index is 1.48. The van der Waals surface area contributed by atoms with Crippen LogP contribution in [0.5, 0.6) is 17.2 Å². The predicted octanol–water partition coefficient (Wildman–Crippen LogP) is 4.27. The summed E-state index contributed by atoms with van der Waals surface area (Å²) < 4.78 is 16.4. The number of fused-ring (bicyclic) bond motifs is 1. The molecular formula is C21H22N4O3. The van der Waals surface area contributed by atoms with Gasteiger partial charge in [-0.05, 0) is 43.7 Å². The van der Waals surface area contributed by atoms with Crippen LogP contribution in [0.15, 0.2) is 48.5 Å². The van der Waals surface area contributed by atoms with E-state index in [-0.39, 0.29) is 6.79 Å². The van der Waals surface area contributed by atoms with Crippen molar-refractivity contribution in [2.45, 2.75) is 20.4 Å². The number of hydrogen-bond acceptors (Lipinski definition) is 7. The van der Waals surface area contributed by atoms with Gasteiger partial charge < -0.3 is 24.8 Å². The third-order valence-electron chi connectivity index (χ3n) is 4.20. The van der Waals surface area contributed by atoms with E-state index in [0.717, 1.165) is 34.3 Å². The van der Waals surface area contributed by atoms with Crippen LogP contribution in [0, 0.1) is 6.92 Å². The molecule has 2 heterocycles. The van der Waals surface area contributed by atoms with Gasteiger partial charge in [0, 0.05) is 12.6 Å². The maximum absolute atomic E-state index is 5.67. The monoisotopic (exact) mass is 378 g/mol. The Labute approximate surface area is 163 Å². The Kier molecular flexibility index (Phi) is 5.14. The maximum Gasteiger partial charge on any atom is 0.231 e. The maximum atomic E-state index is 5.67. The van der Waals surface area contributed by atoms with E-state index >= 15 is 0 Å². The second-order valence-corrected chi connectivity index (χ2v) is 6.28. The van der Waals surface area contributed by atoms with Crippen LogP contribution in [0.25, 0.3) is 0 Å². The van der Waals surface area contributed by atoms with Crippen molar-refractivity contribution in [3.8, 4) is 17.2 Å². The van der Waals surface area contributed by atoms with Crippen molar-refractivity contribution in [3.05, 3.63) is 59.9 Å². The highest BCUT2D eigenvalue weighted by Crippen LogP contribution is 2.32. The zero-order chi connectivity index (χ0) is 19.3. The van der Waals surface area contributed by atoms with Gasteiger partial charge in [-0.15, -0.1) is 0 Å². The van der Waals surface area contributed by atoms with Crippen LogP contribution in [0.4, 0.5) is 17.3 Å². The Morgan fingerprint density at radius 3 is 2.71 bits per heavy atom. The van der Waals surface area contributed by atoms with Crippen molar-refractivity contribution in [2.75, 3.05) is 24.0 Å². The fraction of sp³-hybridized carbons (Fsp3) is 0.238. The van der Waals surface area contributed by atoms with Crippen molar-refractivity contribution >= 4 is 17.3 Å². The van der Waals surface area contributed by atoms with Gasteiger partial charge in [-0.1, -0.05) is 18.2 Å². The van der Waals surface area contributed by atoms with Crippen molar-refractivity contribution < 1.29 is 14.2 Å². The first kappa shape index (κ1) is 17.9. The molecule has 4 rings (SSSR count). The van der Waals surface area contributed by atoms with E-state index in [1.54, 1.807) is 0 Å². The van der Waals surface area contributed by atoms with Gasteiger partial charge >= 0.3 is 0 Å². The van der Waals surface area contributed by atoms with E-state index in [1.807, 2.05) is 62.4 Å². The van der Waals surface area contributed by atoms with E-state index < -0.39 is 0 Å².